The van der Waals surface area contributed by atoms with Gasteiger partial charge in [0.15, 0.2) is 0 Å². The molecule has 1 atom stereocenters. The quantitative estimate of drug-likeness (QED) is 0.818. The van der Waals surface area contributed by atoms with Gasteiger partial charge in [-0.1, -0.05) is 18.2 Å². The Hall–Kier alpha value is -1.60. The maximum atomic E-state index is 12.6. The van der Waals surface area contributed by atoms with Crippen molar-refractivity contribution < 1.29 is 17.9 Å². The standard InChI is InChI=1S/C21H28N2O4S/c24-20(22-16-5-6-16)13-15-14-21(27-19-4-2-1-3-18(15)19)9-11-23(12-10-21)28(25,26)17-7-8-17/h1-4,15-17H,5-14H2,(H,22,24). The number of para-hydroxylation sites is 1. The highest BCUT2D eigenvalue weighted by atomic mass is 32.2. The number of hydrogen-bond acceptors (Lipinski definition) is 4. The topological polar surface area (TPSA) is 75.7 Å². The van der Waals surface area contributed by atoms with Gasteiger partial charge in [-0.05, 0) is 43.7 Å². The Morgan fingerprint density at radius 1 is 1.14 bits per heavy atom. The third-order valence-electron chi connectivity index (χ3n) is 6.62. The molecule has 0 radical (unpaired) electrons. The molecule has 152 valence electrons. The first-order chi connectivity index (χ1) is 13.5. The van der Waals surface area contributed by atoms with Crippen molar-refractivity contribution in [3.05, 3.63) is 29.8 Å². The van der Waals surface area contributed by atoms with E-state index in [0.29, 0.717) is 38.4 Å². The molecule has 28 heavy (non-hydrogen) atoms. The zero-order valence-corrected chi connectivity index (χ0v) is 16.9. The van der Waals surface area contributed by atoms with E-state index in [1.54, 1.807) is 4.31 Å². The summed E-state index contributed by atoms with van der Waals surface area (Å²) in [7, 11) is -3.13. The molecule has 1 unspecified atom stereocenters. The Morgan fingerprint density at radius 2 is 1.86 bits per heavy atom. The van der Waals surface area contributed by atoms with Gasteiger partial charge in [0, 0.05) is 44.3 Å². The Kier molecular flexibility index (Phi) is 4.43. The van der Waals surface area contributed by atoms with Crippen molar-refractivity contribution in [2.75, 3.05) is 13.1 Å². The molecule has 1 saturated heterocycles. The van der Waals surface area contributed by atoms with E-state index in [1.165, 1.54) is 0 Å². The lowest BCUT2D eigenvalue weighted by atomic mass is 9.76. The smallest absolute Gasteiger partial charge is 0.220 e. The summed E-state index contributed by atoms with van der Waals surface area (Å²) < 4.78 is 33.2. The van der Waals surface area contributed by atoms with E-state index >= 15 is 0 Å². The van der Waals surface area contributed by atoms with Crippen LogP contribution in [-0.4, -0.2) is 48.6 Å². The lowest BCUT2D eigenvalue weighted by molar-refractivity contribution is -0.122. The number of nitrogens with zero attached hydrogens (tertiary/aromatic N) is 1. The summed E-state index contributed by atoms with van der Waals surface area (Å²) in [6.45, 7) is 1.03. The SMILES string of the molecule is O=C(CC1CC2(CCN(S(=O)(=O)C3CC3)CC2)Oc2ccccc21)NC1CC1. The van der Waals surface area contributed by atoms with Crippen molar-refractivity contribution in [2.24, 2.45) is 0 Å². The molecule has 4 aliphatic rings. The van der Waals surface area contributed by atoms with E-state index in [1.807, 2.05) is 18.2 Å². The lowest BCUT2D eigenvalue weighted by Gasteiger charge is -2.46. The number of ether oxygens (including phenoxy) is 1. The van der Waals surface area contributed by atoms with Crippen molar-refractivity contribution in [1.29, 1.82) is 0 Å². The van der Waals surface area contributed by atoms with E-state index in [0.717, 1.165) is 43.4 Å². The fraction of sp³-hybridized carbons (Fsp3) is 0.667. The zero-order valence-electron chi connectivity index (χ0n) is 16.1. The highest BCUT2D eigenvalue weighted by Gasteiger charge is 2.48. The summed E-state index contributed by atoms with van der Waals surface area (Å²) >= 11 is 0. The van der Waals surface area contributed by atoms with Crippen molar-refractivity contribution >= 4 is 15.9 Å². The molecule has 1 aromatic carbocycles. The average Bonchev–Trinajstić information content (AvgIpc) is 3.55. The second-order valence-electron chi connectivity index (χ2n) is 8.91. The number of benzene rings is 1. The Morgan fingerprint density at radius 3 is 2.54 bits per heavy atom. The second kappa shape index (κ2) is 6.73. The van der Waals surface area contributed by atoms with Gasteiger partial charge in [0.05, 0.1) is 5.25 Å². The molecular formula is C21H28N2O4S. The van der Waals surface area contributed by atoms with Crippen LogP contribution >= 0.6 is 0 Å². The molecule has 2 heterocycles. The van der Waals surface area contributed by atoms with Crippen LogP contribution in [0.2, 0.25) is 0 Å². The van der Waals surface area contributed by atoms with E-state index in [9.17, 15) is 13.2 Å². The van der Waals surface area contributed by atoms with E-state index in [2.05, 4.69) is 11.4 Å². The van der Waals surface area contributed by atoms with Gasteiger partial charge in [-0.15, -0.1) is 0 Å². The average molecular weight is 405 g/mol. The summed E-state index contributed by atoms with van der Waals surface area (Å²) in [6.07, 6.45) is 6.40. The van der Waals surface area contributed by atoms with Crippen LogP contribution in [0.5, 0.6) is 5.75 Å². The summed E-state index contributed by atoms with van der Waals surface area (Å²) in [5.74, 6) is 1.10. The van der Waals surface area contributed by atoms with Crippen molar-refractivity contribution in [2.45, 2.75) is 74.2 Å². The molecule has 0 bridgehead atoms. The normalized spacial score (nSPS) is 27.1. The molecule has 6 nitrogen and oxygen atoms in total. The fourth-order valence-corrected chi connectivity index (χ4v) is 6.54. The minimum absolute atomic E-state index is 0.119. The maximum absolute atomic E-state index is 12.6. The van der Waals surface area contributed by atoms with Crippen molar-refractivity contribution in [1.82, 2.24) is 9.62 Å². The van der Waals surface area contributed by atoms with Gasteiger partial charge in [-0.3, -0.25) is 4.79 Å². The first-order valence-electron chi connectivity index (χ1n) is 10.5. The van der Waals surface area contributed by atoms with Crippen LogP contribution in [-0.2, 0) is 14.8 Å². The first-order valence-corrected chi connectivity index (χ1v) is 12.0. The number of carbonyl (C=O) groups is 1. The predicted octanol–water partition coefficient (Wildman–Crippen LogP) is 2.55. The summed E-state index contributed by atoms with van der Waals surface area (Å²) in [5, 5.41) is 2.94. The van der Waals surface area contributed by atoms with Gasteiger partial charge in [0.1, 0.15) is 11.4 Å². The van der Waals surface area contributed by atoms with Crippen LogP contribution in [0, 0.1) is 0 Å². The number of nitrogens with one attached hydrogen (secondary N) is 1. The van der Waals surface area contributed by atoms with Crippen LogP contribution < -0.4 is 10.1 Å². The van der Waals surface area contributed by atoms with Crippen molar-refractivity contribution in [3.63, 3.8) is 0 Å². The monoisotopic (exact) mass is 404 g/mol. The molecule has 1 amide bonds. The summed E-state index contributed by atoms with van der Waals surface area (Å²) in [4.78, 5) is 12.5. The molecule has 2 aliphatic heterocycles. The zero-order chi connectivity index (χ0) is 19.4. The molecule has 2 aliphatic carbocycles. The van der Waals surface area contributed by atoms with Gasteiger partial charge in [0.25, 0.3) is 0 Å². The number of hydrogen-bond donors (Lipinski definition) is 1. The molecule has 0 aromatic heterocycles. The Labute approximate surface area is 166 Å². The van der Waals surface area contributed by atoms with E-state index in [4.69, 9.17) is 4.74 Å². The highest BCUT2D eigenvalue weighted by molar-refractivity contribution is 7.90. The number of rotatable bonds is 5. The van der Waals surface area contributed by atoms with Gasteiger partial charge in [-0.2, -0.15) is 0 Å². The maximum Gasteiger partial charge on any atom is 0.220 e. The molecular weight excluding hydrogens is 376 g/mol. The third-order valence-corrected chi connectivity index (χ3v) is 9.02. The number of piperidine rings is 1. The largest absolute Gasteiger partial charge is 0.487 e. The number of amides is 1. The number of carbonyl (C=O) groups excluding carboxylic acids is 1. The molecule has 1 spiro atoms. The van der Waals surface area contributed by atoms with E-state index in [-0.39, 0.29) is 22.7 Å². The van der Waals surface area contributed by atoms with Gasteiger partial charge in [0.2, 0.25) is 15.9 Å². The third kappa shape index (κ3) is 3.54. The van der Waals surface area contributed by atoms with Crippen LogP contribution in [0.15, 0.2) is 24.3 Å². The minimum Gasteiger partial charge on any atom is -0.487 e. The lowest BCUT2D eigenvalue weighted by Crippen LogP contribution is -2.52. The van der Waals surface area contributed by atoms with Crippen LogP contribution in [0.25, 0.3) is 0 Å². The number of fused-ring (bicyclic) bond motifs is 1. The molecule has 5 rings (SSSR count). The van der Waals surface area contributed by atoms with Crippen LogP contribution in [0.1, 0.15) is 62.8 Å². The molecule has 7 heteroatoms. The molecule has 1 N–H and O–H groups in total. The Balaban J connectivity index is 1.32. The molecule has 1 aromatic rings. The minimum atomic E-state index is -3.13. The second-order valence-corrected chi connectivity index (χ2v) is 11.1. The van der Waals surface area contributed by atoms with Crippen LogP contribution in [0.3, 0.4) is 0 Å². The number of sulfonamides is 1. The molecule has 3 fully saturated rings. The fourth-order valence-electron chi connectivity index (χ4n) is 4.70. The highest BCUT2D eigenvalue weighted by Crippen LogP contribution is 2.47. The van der Waals surface area contributed by atoms with Gasteiger partial charge < -0.3 is 10.1 Å². The van der Waals surface area contributed by atoms with Gasteiger partial charge in [-0.25, -0.2) is 12.7 Å². The van der Waals surface area contributed by atoms with Gasteiger partial charge >= 0.3 is 0 Å². The summed E-state index contributed by atoms with van der Waals surface area (Å²) in [5.41, 5.74) is 0.737. The first kappa shape index (κ1) is 18.4. The molecule has 2 saturated carbocycles. The van der Waals surface area contributed by atoms with Crippen LogP contribution in [0.4, 0.5) is 0 Å². The van der Waals surface area contributed by atoms with Crippen molar-refractivity contribution in [3.8, 4) is 5.75 Å². The van der Waals surface area contributed by atoms with E-state index < -0.39 is 10.0 Å². The Bertz CT molecular complexity index is 868. The predicted molar refractivity (Wildman–Crippen MR) is 106 cm³/mol. The summed E-state index contributed by atoms with van der Waals surface area (Å²) in [6, 6.07) is 8.37.